The highest BCUT2D eigenvalue weighted by molar-refractivity contribution is 5.98. The molecule has 7 nitrogen and oxygen atoms in total. The predicted octanol–water partition coefficient (Wildman–Crippen LogP) is 3.02. The van der Waals surface area contributed by atoms with Gasteiger partial charge in [-0.05, 0) is 49.4 Å². The summed E-state index contributed by atoms with van der Waals surface area (Å²) in [7, 11) is 0. The van der Waals surface area contributed by atoms with Crippen molar-refractivity contribution in [2.45, 2.75) is 39.7 Å². The van der Waals surface area contributed by atoms with Gasteiger partial charge in [0.1, 0.15) is 11.9 Å². The van der Waals surface area contributed by atoms with Crippen LogP contribution in [0.15, 0.2) is 48.7 Å². The number of carbonyl (C=O) groups excluding carboxylic acids is 3. The van der Waals surface area contributed by atoms with Crippen LogP contribution in [0.25, 0.3) is 0 Å². The van der Waals surface area contributed by atoms with E-state index in [2.05, 4.69) is 15.6 Å². The number of pyridine rings is 1. The molecule has 2 atom stereocenters. The minimum atomic E-state index is -0.646. The lowest BCUT2D eigenvalue weighted by Gasteiger charge is -2.35. The van der Waals surface area contributed by atoms with E-state index in [9.17, 15) is 14.4 Å². The largest absolute Gasteiger partial charge is 0.340 e. The number of aromatic nitrogens is 1. The van der Waals surface area contributed by atoms with Gasteiger partial charge in [0.2, 0.25) is 11.8 Å². The van der Waals surface area contributed by atoms with Gasteiger partial charge in [-0.2, -0.15) is 0 Å². The van der Waals surface area contributed by atoms with Crippen molar-refractivity contribution < 1.29 is 14.4 Å². The quantitative estimate of drug-likeness (QED) is 0.749. The zero-order valence-corrected chi connectivity index (χ0v) is 18.3. The van der Waals surface area contributed by atoms with Crippen LogP contribution in [-0.2, 0) is 9.59 Å². The van der Waals surface area contributed by atoms with Crippen LogP contribution in [0.5, 0.6) is 0 Å². The number of aryl methyl sites for hydroxylation is 1. The van der Waals surface area contributed by atoms with E-state index in [0.29, 0.717) is 30.9 Å². The molecule has 1 fully saturated rings. The van der Waals surface area contributed by atoms with E-state index in [1.165, 1.54) is 0 Å². The minimum absolute atomic E-state index is 0.0782. The highest BCUT2D eigenvalue weighted by Gasteiger charge is 2.34. The van der Waals surface area contributed by atoms with Gasteiger partial charge in [-0.1, -0.05) is 38.1 Å². The van der Waals surface area contributed by atoms with E-state index in [-0.39, 0.29) is 29.6 Å². The topological polar surface area (TPSA) is 91.4 Å². The maximum absolute atomic E-state index is 13.3. The smallest absolute Gasteiger partial charge is 0.251 e. The van der Waals surface area contributed by atoms with Crippen molar-refractivity contribution >= 4 is 23.5 Å². The maximum Gasteiger partial charge on any atom is 0.251 e. The fraction of sp³-hybridized carbons (Fsp3) is 0.417. The summed E-state index contributed by atoms with van der Waals surface area (Å²) in [6.07, 6.45) is 3.09. The third-order valence-electron chi connectivity index (χ3n) is 5.61. The van der Waals surface area contributed by atoms with Crippen LogP contribution in [0, 0.1) is 18.8 Å². The van der Waals surface area contributed by atoms with E-state index in [0.717, 1.165) is 12.0 Å². The van der Waals surface area contributed by atoms with E-state index in [4.69, 9.17) is 0 Å². The van der Waals surface area contributed by atoms with Gasteiger partial charge in [0.05, 0.1) is 5.92 Å². The Morgan fingerprint density at radius 2 is 1.84 bits per heavy atom. The van der Waals surface area contributed by atoms with Crippen LogP contribution in [0.3, 0.4) is 0 Å². The summed E-state index contributed by atoms with van der Waals surface area (Å²) in [6.45, 7) is 6.62. The van der Waals surface area contributed by atoms with Gasteiger partial charge < -0.3 is 15.5 Å². The number of rotatable bonds is 6. The van der Waals surface area contributed by atoms with Crippen molar-refractivity contribution in [3.8, 4) is 0 Å². The van der Waals surface area contributed by atoms with Crippen LogP contribution in [0.4, 0.5) is 5.82 Å². The first-order valence-electron chi connectivity index (χ1n) is 10.7. The Labute approximate surface area is 183 Å². The molecule has 1 aromatic heterocycles. The van der Waals surface area contributed by atoms with Crippen molar-refractivity contribution in [1.29, 1.82) is 0 Å². The van der Waals surface area contributed by atoms with E-state index in [1.54, 1.807) is 35.4 Å². The Hall–Kier alpha value is -3.22. The Morgan fingerprint density at radius 1 is 1.10 bits per heavy atom. The molecule has 0 aliphatic carbocycles. The van der Waals surface area contributed by atoms with Crippen LogP contribution >= 0.6 is 0 Å². The lowest BCUT2D eigenvalue weighted by atomic mass is 9.94. The SMILES string of the molecule is Cc1cccnc1NC(=O)C1CCCN(C(=O)C(NC(=O)c2ccccc2)C(C)C)C1. The monoisotopic (exact) mass is 422 g/mol. The van der Waals surface area contributed by atoms with E-state index in [1.807, 2.05) is 39.0 Å². The van der Waals surface area contributed by atoms with Crippen LogP contribution < -0.4 is 10.6 Å². The second-order valence-electron chi connectivity index (χ2n) is 8.34. The highest BCUT2D eigenvalue weighted by Crippen LogP contribution is 2.21. The molecule has 0 bridgehead atoms. The molecule has 1 aliphatic rings. The van der Waals surface area contributed by atoms with Crippen molar-refractivity contribution in [2.75, 3.05) is 18.4 Å². The second-order valence-corrected chi connectivity index (χ2v) is 8.34. The molecule has 31 heavy (non-hydrogen) atoms. The Balaban J connectivity index is 1.65. The Morgan fingerprint density at radius 3 is 2.52 bits per heavy atom. The van der Waals surface area contributed by atoms with Crippen LogP contribution in [-0.4, -0.2) is 46.7 Å². The molecule has 1 saturated heterocycles. The average Bonchev–Trinajstić information content (AvgIpc) is 2.78. The number of likely N-dealkylation sites (tertiary alicyclic amines) is 1. The molecule has 0 radical (unpaired) electrons. The van der Waals surface area contributed by atoms with E-state index >= 15 is 0 Å². The fourth-order valence-electron chi connectivity index (χ4n) is 3.75. The van der Waals surface area contributed by atoms with Gasteiger partial charge in [-0.25, -0.2) is 4.98 Å². The first-order valence-corrected chi connectivity index (χ1v) is 10.7. The second kappa shape index (κ2) is 10.2. The van der Waals surface area contributed by atoms with Crippen molar-refractivity contribution in [2.24, 2.45) is 11.8 Å². The predicted molar refractivity (Wildman–Crippen MR) is 119 cm³/mol. The number of carbonyl (C=O) groups is 3. The molecule has 0 spiro atoms. The molecule has 3 rings (SSSR count). The standard InChI is InChI=1S/C24H30N4O3/c1-16(2)20(26-22(29)18-10-5-4-6-11-18)24(31)28-14-8-12-19(15-28)23(30)27-21-17(3)9-7-13-25-21/h4-7,9-11,13,16,19-20H,8,12,14-15H2,1-3H3,(H,26,29)(H,25,27,30). The Bertz CT molecular complexity index is 929. The third kappa shape index (κ3) is 5.69. The molecule has 2 heterocycles. The van der Waals surface area contributed by atoms with Crippen LogP contribution in [0.2, 0.25) is 0 Å². The molecule has 1 aliphatic heterocycles. The summed E-state index contributed by atoms with van der Waals surface area (Å²) < 4.78 is 0. The number of nitrogens with zero attached hydrogens (tertiary/aromatic N) is 2. The normalized spacial score (nSPS) is 17.2. The summed E-state index contributed by atoms with van der Waals surface area (Å²) >= 11 is 0. The zero-order valence-electron chi connectivity index (χ0n) is 18.3. The van der Waals surface area contributed by atoms with Gasteiger partial charge in [0, 0.05) is 24.8 Å². The molecule has 2 unspecified atom stereocenters. The van der Waals surface area contributed by atoms with Crippen molar-refractivity contribution in [3.05, 3.63) is 59.8 Å². The number of anilines is 1. The molecule has 2 aromatic rings. The molecule has 2 N–H and O–H groups in total. The first-order chi connectivity index (χ1) is 14.9. The molecule has 7 heteroatoms. The Kier molecular flexibility index (Phi) is 7.39. The van der Waals surface area contributed by atoms with Gasteiger partial charge in [-0.15, -0.1) is 0 Å². The van der Waals surface area contributed by atoms with Gasteiger partial charge in [-0.3, -0.25) is 14.4 Å². The van der Waals surface area contributed by atoms with E-state index < -0.39 is 6.04 Å². The molecular formula is C24H30N4O3. The molecule has 1 aromatic carbocycles. The number of hydrogen-bond acceptors (Lipinski definition) is 4. The number of amides is 3. The lowest BCUT2D eigenvalue weighted by Crippen LogP contribution is -2.54. The van der Waals surface area contributed by atoms with Crippen molar-refractivity contribution in [1.82, 2.24) is 15.2 Å². The number of hydrogen-bond donors (Lipinski definition) is 2. The molecule has 3 amide bonds. The van der Waals surface area contributed by atoms with Crippen LogP contribution in [0.1, 0.15) is 42.6 Å². The molecule has 0 saturated carbocycles. The number of piperidine rings is 1. The van der Waals surface area contributed by atoms with Crippen molar-refractivity contribution in [3.63, 3.8) is 0 Å². The average molecular weight is 423 g/mol. The highest BCUT2D eigenvalue weighted by atomic mass is 16.2. The van der Waals surface area contributed by atoms with Gasteiger partial charge in [0.25, 0.3) is 5.91 Å². The third-order valence-corrected chi connectivity index (χ3v) is 5.61. The maximum atomic E-state index is 13.3. The lowest BCUT2D eigenvalue weighted by molar-refractivity contribution is -0.137. The summed E-state index contributed by atoms with van der Waals surface area (Å²) in [6, 6.07) is 11.9. The van der Waals surface area contributed by atoms with Gasteiger partial charge in [0.15, 0.2) is 0 Å². The zero-order chi connectivity index (χ0) is 22.4. The molecular weight excluding hydrogens is 392 g/mol. The van der Waals surface area contributed by atoms with Gasteiger partial charge >= 0.3 is 0 Å². The molecule has 164 valence electrons. The summed E-state index contributed by atoms with van der Waals surface area (Å²) in [5.41, 5.74) is 1.41. The summed E-state index contributed by atoms with van der Waals surface area (Å²) in [5, 5.41) is 5.77. The fourth-order valence-corrected chi connectivity index (χ4v) is 3.75. The summed E-state index contributed by atoms with van der Waals surface area (Å²) in [4.78, 5) is 44.6. The number of benzene rings is 1. The number of nitrogens with one attached hydrogen (secondary N) is 2. The summed E-state index contributed by atoms with van der Waals surface area (Å²) in [5.74, 6) is -0.391. The minimum Gasteiger partial charge on any atom is -0.340 e. The first kappa shape index (κ1) is 22.5.